The van der Waals surface area contributed by atoms with Gasteiger partial charge in [0, 0.05) is 5.92 Å². The summed E-state index contributed by atoms with van der Waals surface area (Å²) in [5.41, 5.74) is 5.83. The van der Waals surface area contributed by atoms with E-state index in [-0.39, 0.29) is 16.7 Å². The first-order chi connectivity index (χ1) is 12.7. The first-order valence-corrected chi connectivity index (χ1v) is 9.75. The minimum Gasteiger partial charge on any atom is -0.478 e. The molecule has 1 unspecified atom stereocenters. The Morgan fingerprint density at radius 1 is 1.04 bits per heavy atom. The van der Waals surface area contributed by atoms with Crippen LogP contribution in [0.1, 0.15) is 85.5 Å². The third-order valence-corrected chi connectivity index (χ3v) is 6.22. The molecule has 0 aromatic heterocycles. The number of benzene rings is 2. The number of fused-ring (bicyclic) bond motifs is 1. The number of rotatable bonds is 5. The van der Waals surface area contributed by atoms with E-state index in [1.165, 1.54) is 29.5 Å². The molecule has 0 saturated carbocycles. The van der Waals surface area contributed by atoms with Crippen LogP contribution in [-0.2, 0) is 10.8 Å². The Morgan fingerprint density at radius 3 is 2.30 bits per heavy atom. The molecular formula is C25H30O2. The second-order valence-electron chi connectivity index (χ2n) is 9.08. The average Bonchev–Trinajstić information content (AvgIpc) is 2.63. The highest BCUT2D eigenvalue weighted by atomic mass is 16.4. The van der Waals surface area contributed by atoms with Crippen molar-refractivity contribution in [2.75, 3.05) is 0 Å². The minimum atomic E-state index is -0.887. The number of aromatic carboxylic acids is 1. The van der Waals surface area contributed by atoms with Crippen molar-refractivity contribution in [2.45, 2.75) is 63.7 Å². The maximum absolute atomic E-state index is 11.4. The van der Waals surface area contributed by atoms with Gasteiger partial charge in [-0.15, -0.1) is 6.58 Å². The summed E-state index contributed by atoms with van der Waals surface area (Å²) in [6.07, 6.45) is 5.08. The zero-order valence-corrected chi connectivity index (χ0v) is 16.9. The standard InChI is InChI=1S/C25H30O2/c1-6-8-20(17-9-7-10-19(15-17)23(26)27)18-11-12-21-22(16-18)25(4,5)14-13-24(21,2)3/h6-7,9-12,15-16,20H,1,8,13-14H2,2-5H3,(H,26,27). The molecular weight excluding hydrogens is 332 g/mol. The van der Waals surface area contributed by atoms with E-state index in [0.29, 0.717) is 5.56 Å². The van der Waals surface area contributed by atoms with Gasteiger partial charge >= 0.3 is 5.97 Å². The summed E-state index contributed by atoms with van der Waals surface area (Å²) in [7, 11) is 0. The fourth-order valence-electron chi connectivity index (χ4n) is 4.34. The van der Waals surface area contributed by atoms with Gasteiger partial charge in [-0.2, -0.15) is 0 Å². The third-order valence-electron chi connectivity index (χ3n) is 6.22. The Labute approximate surface area is 162 Å². The summed E-state index contributed by atoms with van der Waals surface area (Å²) >= 11 is 0. The van der Waals surface area contributed by atoms with Gasteiger partial charge in [-0.3, -0.25) is 0 Å². The lowest BCUT2D eigenvalue weighted by Crippen LogP contribution is -2.34. The van der Waals surface area contributed by atoms with Gasteiger partial charge < -0.3 is 5.11 Å². The highest BCUT2D eigenvalue weighted by molar-refractivity contribution is 5.87. The maximum atomic E-state index is 11.4. The van der Waals surface area contributed by atoms with Crippen molar-refractivity contribution in [3.05, 3.63) is 82.9 Å². The molecule has 2 aromatic rings. The topological polar surface area (TPSA) is 37.3 Å². The SMILES string of the molecule is C=CCC(c1cccc(C(=O)O)c1)c1ccc2c(c1)C(C)(C)CCC2(C)C. The first kappa shape index (κ1) is 19.4. The molecule has 0 bridgehead atoms. The molecule has 0 radical (unpaired) electrons. The quantitative estimate of drug-likeness (QED) is 0.621. The van der Waals surface area contributed by atoms with Crippen molar-refractivity contribution in [3.63, 3.8) is 0 Å². The van der Waals surface area contributed by atoms with E-state index >= 15 is 0 Å². The van der Waals surface area contributed by atoms with E-state index in [1.54, 1.807) is 12.1 Å². The predicted octanol–water partition coefficient (Wildman–Crippen LogP) is 6.44. The molecule has 0 saturated heterocycles. The second kappa shape index (κ2) is 6.99. The van der Waals surface area contributed by atoms with Crippen LogP contribution >= 0.6 is 0 Å². The lowest BCUT2D eigenvalue weighted by molar-refractivity contribution is 0.0696. The van der Waals surface area contributed by atoms with Gasteiger partial charge in [-0.1, -0.05) is 64.1 Å². The van der Waals surface area contributed by atoms with Crippen LogP contribution in [0.25, 0.3) is 0 Å². The zero-order chi connectivity index (χ0) is 19.8. The lowest BCUT2D eigenvalue weighted by Gasteiger charge is -2.42. The van der Waals surface area contributed by atoms with Gasteiger partial charge in [-0.05, 0) is 64.5 Å². The van der Waals surface area contributed by atoms with Gasteiger partial charge in [0.15, 0.2) is 0 Å². The molecule has 2 nitrogen and oxygen atoms in total. The summed E-state index contributed by atoms with van der Waals surface area (Å²) < 4.78 is 0. The number of allylic oxidation sites excluding steroid dienone is 1. The van der Waals surface area contributed by atoms with Crippen LogP contribution in [0.5, 0.6) is 0 Å². The van der Waals surface area contributed by atoms with Gasteiger partial charge in [0.25, 0.3) is 0 Å². The highest BCUT2D eigenvalue weighted by Gasteiger charge is 2.37. The molecule has 2 aromatic carbocycles. The van der Waals surface area contributed by atoms with Gasteiger partial charge in [0.2, 0.25) is 0 Å². The van der Waals surface area contributed by atoms with E-state index < -0.39 is 5.97 Å². The Morgan fingerprint density at radius 2 is 1.67 bits per heavy atom. The van der Waals surface area contributed by atoms with Crippen molar-refractivity contribution in [3.8, 4) is 0 Å². The van der Waals surface area contributed by atoms with Gasteiger partial charge in [0.1, 0.15) is 0 Å². The van der Waals surface area contributed by atoms with Crippen molar-refractivity contribution < 1.29 is 9.90 Å². The minimum absolute atomic E-state index is 0.118. The molecule has 0 heterocycles. The molecule has 0 amide bonds. The zero-order valence-electron chi connectivity index (χ0n) is 16.9. The van der Waals surface area contributed by atoms with Crippen molar-refractivity contribution >= 4 is 5.97 Å². The van der Waals surface area contributed by atoms with Crippen LogP contribution < -0.4 is 0 Å². The molecule has 1 aliphatic rings. The van der Waals surface area contributed by atoms with Gasteiger partial charge in [0.05, 0.1) is 5.56 Å². The first-order valence-electron chi connectivity index (χ1n) is 9.75. The molecule has 0 aliphatic heterocycles. The fourth-order valence-corrected chi connectivity index (χ4v) is 4.34. The van der Waals surface area contributed by atoms with E-state index in [1.807, 2.05) is 18.2 Å². The van der Waals surface area contributed by atoms with E-state index in [9.17, 15) is 9.90 Å². The van der Waals surface area contributed by atoms with Crippen LogP contribution in [0.15, 0.2) is 55.1 Å². The Kier molecular flexibility index (Phi) is 5.03. The van der Waals surface area contributed by atoms with E-state index in [0.717, 1.165) is 12.0 Å². The lowest BCUT2D eigenvalue weighted by atomic mass is 9.62. The van der Waals surface area contributed by atoms with Crippen molar-refractivity contribution in [2.24, 2.45) is 0 Å². The predicted molar refractivity (Wildman–Crippen MR) is 112 cm³/mol. The molecule has 142 valence electrons. The van der Waals surface area contributed by atoms with Crippen molar-refractivity contribution in [1.29, 1.82) is 0 Å². The second-order valence-corrected chi connectivity index (χ2v) is 9.08. The molecule has 1 N–H and O–H groups in total. The summed E-state index contributed by atoms with van der Waals surface area (Å²) in [6, 6.07) is 14.2. The Hall–Kier alpha value is -2.35. The summed E-state index contributed by atoms with van der Waals surface area (Å²) in [5.74, 6) is -0.768. The van der Waals surface area contributed by atoms with Crippen LogP contribution in [-0.4, -0.2) is 11.1 Å². The van der Waals surface area contributed by atoms with Crippen LogP contribution in [0.4, 0.5) is 0 Å². The molecule has 27 heavy (non-hydrogen) atoms. The van der Waals surface area contributed by atoms with Crippen LogP contribution in [0.3, 0.4) is 0 Å². The van der Waals surface area contributed by atoms with Crippen molar-refractivity contribution in [1.82, 2.24) is 0 Å². The summed E-state index contributed by atoms with van der Waals surface area (Å²) in [6.45, 7) is 13.3. The van der Waals surface area contributed by atoms with E-state index in [4.69, 9.17) is 0 Å². The van der Waals surface area contributed by atoms with Gasteiger partial charge in [-0.25, -0.2) is 4.79 Å². The van der Waals surface area contributed by atoms with Crippen LogP contribution in [0, 0.1) is 0 Å². The monoisotopic (exact) mass is 362 g/mol. The molecule has 1 aliphatic carbocycles. The largest absolute Gasteiger partial charge is 0.478 e. The molecule has 0 spiro atoms. The highest BCUT2D eigenvalue weighted by Crippen LogP contribution is 2.47. The van der Waals surface area contributed by atoms with E-state index in [2.05, 4.69) is 52.5 Å². The molecule has 2 heteroatoms. The Bertz CT molecular complexity index is 874. The Balaban J connectivity index is 2.11. The third kappa shape index (κ3) is 3.71. The fraction of sp³-hybridized carbons (Fsp3) is 0.400. The number of hydrogen-bond acceptors (Lipinski definition) is 1. The maximum Gasteiger partial charge on any atom is 0.335 e. The molecule has 1 atom stereocenters. The smallest absolute Gasteiger partial charge is 0.335 e. The normalized spacial score (nSPS) is 18.4. The summed E-state index contributed by atoms with van der Waals surface area (Å²) in [5, 5.41) is 9.36. The number of carboxylic acid groups (broad SMARTS) is 1. The number of hydrogen-bond donors (Lipinski definition) is 1. The van der Waals surface area contributed by atoms with Crippen LogP contribution in [0.2, 0.25) is 0 Å². The molecule has 0 fully saturated rings. The summed E-state index contributed by atoms with van der Waals surface area (Å²) in [4.78, 5) is 11.4. The average molecular weight is 363 g/mol. The number of carboxylic acids is 1. The number of carbonyl (C=O) groups is 1. The molecule has 3 rings (SSSR count).